The van der Waals surface area contributed by atoms with E-state index in [1.807, 2.05) is 0 Å². The average Bonchev–Trinajstić information content (AvgIpc) is 2.64. The first kappa shape index (κ1) is 19.0. The van der Waals surface area contributed by atoms with Crippen LogP contribution in [0.15, 0.2) is 30.3 Å². The third-order valence-electron chi connectivity index (χ3n) is 4.39. The fourth-order valence-corrected chi connectivity index (χ4v) is 2.92. The van der Waals surface area contributed by atoms with Crippen LogP contribution in [-0.4, -0.2) is 35.3 Å². The standard InChI is InChI=1S/C18H18F3N3O3/c1-9-15-12(7-14(26-3)16(9)25)23-8-24-17(15)27-13-5-4-10(22-2)6-11(13)18(19,20)21/h4-9,16,22,25H,1-3H3. The Morgan fingerprint density at radius 3 is 2.59 bits per heavy atom. The molecule has 2 aromatic rings. The van der Waals surface area contributed by atoms with Crippen LogP contribution in [0.4, 0.5) is 18.9 Å². The van der Waals surface area contributed by atoms with Crippen LogP contribution in [-0.2, 0) is 10.9 Å². The fourth-order valence-electron chi connectivity index (χ4n) is 2.92. The SMILES string of the molecule is CNc1ccc(Oc2ncnc3c2C(C)C(O)C(OC)=C3)c(C(F)(F)F)c1. The van der Waals surface area contributed by atoms with Gasteiger partial charge in [0.15, 0.2) is 0 Å². The molecule has 0 radical (unpaired) electrons. The van der Waals surface area contributed by atoms with Crippen LogP contribution in [0.25, 0.3) is 6.08 Å². The molecule has 9 heteroatoms. The first-order valence-electron chi connectivity index (χ1n) is 8.11. The molecule has 0 amide bonds. The van der Waals surface area contributed by atoms with Crippen molar-refractivity contribution in [3.63, 3.8) is 0 Å². The van der Waals surface area contributed by atoms with Crippen LogP contribution in [0, 0.1) is 0 Å². The molecular formula is C18H18F3N3O3. The third kappa shape index (κ3) is 3.55. The number of anilines is 1. The van der Waals surface area contributed by atoms with E-state index in [0.717, 1.165) is 6.07 Å². The number of aliphatic hydroxyl groups is 1. The molecule has 1 aromatic heterocycles. The molecule has 3 rings (SSSR count). The van der Waals surface area contributed by atoms with Gasteiger partial charge in [-0.2, -0.15) is 13.2 Å². The Bertz CT molecular complexity index is 884. The molecule has 2 atom stereocenters. The first-order valence-corrected chi connectivity index (χ1v) is 8.11. The number of rotatable bonds is 4. The minimum Gasteiger partial charge on any atom is -0.498 e. The molecule has 1 heterocycles. The molecule has 0 bridgehead atoms. The first-order chi connectivity index (χ1) is 12.8. The number of fused-ring (bicyclic) bond motifs is 1. The van der Waals surface area contributed by atoms with Crippen LogP contribution < -0.4 is 10.1 Å². The van der Waals surface area contributed by atoms with E-state index in [2.05, 4.69) is 15.3 Å². The lowest BCUT2D eigenvalue weighted by Gasteiger charge is -2.27. The monoisotopic (exact) mass is 381 g/mol. The van der Waals surface area contributed by atoms with Crippen molar-refractivity contribution in [2.45, 2.75) is 25.1 Å². The maximum atomic E-state index is 13.4. The minimum absolute atomic E-state index is 0.0411. The Morgan fingerprint density at radius 1 is 1.22 bits per heavy atom. The summed E-state index contributed by atoms with van der Waals surface area (Å²) >= 11 is 0. The Labute approximate surface area is 153 Å². The molecule has 0 fully saturated rings. The van der Waals surface area contributed by atoms with Crippen molar-refractivity contribution in [2.75, 3.05) is 19.5 Å². The molecule has 1 aliphatic rings. The average molecular weight is 381 g/mol. The van der Waals surface area contributed by atoms with Crippen molar-refractivity contribution in [3.8, 4) is 11.6 Å². The Morgan fingerprint density at radius 2 is 1.96 bits per heavy atom. The van der Waals surface area contributed by atoms with E-state index in [0.29, 0.717) is 22.7 Å². The lowest BCUT2D eigenvalue weighted by atomic mass is 9.88. The van der Waals surface area contributed by atoms with Crippen molar-refractivity contribution in [2.24, 2.45) is 0 Å². The number of nitrogens with zero attached hydrogens (tertiary/aromatic N) is 2. The zero-order valence-electron chi connectivity index (χ0n) is 14.8. The second kappa shape index (κ2) is 7.07. The van der Waals surface area contributed by atoms with Crippen LogP contribution in [0.3, 0.4) is 0 Å². The Balaban J connectivity index is 2.08. The highest BCUT2D eigenvalue weighted by Gasteiger charge is 2.36. The zero-order valence-corrected chi connectivity index (χ0v) is 14.8. The topological polar surface area (TPSA) is 76.5 Å². The fraction of sp³-hybridized carbons (Fsp3) is 0.333. The number of aromatic nitrogens is 2. The van der Waals surface area contributed by atoms with Gasteiger partial charge in [0, 0.05) is 30.3 Å². The summed E-state index contributed by atoms with van der Waals surface area (Å²) < 4.78 is 51.0. The van der Waals surface area contributed by atoms with Gasteiger partial charge in [0.05, 0.1) is 12.8 Å². The van der Waals surface area contributed by atoms with Crippen LogP contribution >= 0.6 is 0 Å². The van der Waals surface area contributed by atoms with E-state index in [1.54, 1.807) is 6.92 Å². The summed E-state index contributed by atoms with van der Waals surface area (Å²) in [6.07, 6.45) is -2.88. The summed E-state index contributed by atoms with van der Waals surface area (Å²) in [5.41, 5.74) is 0.210. The molecule has 0 spiro atoms. The van der Waals surface area contributed by atoms with Gasteiger partial charge in [0.25, 0.3) is 0 Å². The molecule has 6 nitrogen and oxygen atoms in total. The van der Waals surface area contributed by atoms with Crippen LogP contribution in [0.5, 0.6) is 11.6 Å². The number of nitrogens with one attached hydrogen (secondary N) is 1. The van der Waals surface area contributed by atoms with Gasteiger partial charge >= 0.3 is 6.18 Å². The predicted molar refractivity (Wildman–Crippen MR) is 92.5 cm³/mol. The van der Waals surface area contributed by atoms with Crippen molar-refractivity contribution in [1.82, 2.24) is 9.97 Å². The van der Waals surface area contributed by atoms with Gasteiger partial charge in [-0.05, 0) is 18.2 Å². The molecule has 1 aromatic carbocycles. The third-order valence-corrected chi connectivity index (χ3v) is 4.39. The largest absolute Gasteiger partial charge is 0.498 e. The van der Waals surface area contributed by atoms with Crippen molar-refractivity contribution in [1.29, 1.82) is 0 Å². The molecule has 2 N–H and O–H groups in total. The van der Waals surface area contributed by atoms with E-state index in [4.69, 9.17) is 9.47 Å². The molecule has 0 saturated carbocycles. The summed E-state index contributed by atoms with van der Waals surface area (Å²) in [6.45, 7) is 1.69. The highest BCUT2D eigenvalue weighted by molar-refractivity contribution is 5.61. The Hall–Kier alpha value is -2.81. The zero-order chi connectivity index (χ0) is 19.8. The van der Waals surface area contributed by atoms with Crippen molar-refractivity contribution < 1.29 is 27.8 Å². The molecule has 2 unspecified atom stereocenters. The summed E-state index contributed by atoms with van der Waals surface area (Å²) in [5.74, 6) is -0.637. The smallest absolute Gasteiger partial charge is 0.420 e. The van der Waals surface area contributed by atoms with E-state index in [1.165, 1.54) is 38.7 Å². The second-order valence-electron chi connectivity index (χ2n) is 6.02. The Kier molecular flexibility index (Phi) is 4.97. The molecular weight excluding hydrogens is 363 g/mol. The van der Waals surface area contributed by atoms with E-state index >= 15 is 0 Å². The summed E-state index contributed by atoms with van der Waals surface area (Å²) in [6, 6.07) is 3.66. The van der Waals surface area contributed by atoms with E-state index < -0.39 is 23.8 Å². The quantitative estimate of drug-likeness (QED) is 0.839. The molecule has 0 aliphatic heterocycles. The number of ether oxygens (including phenoxy) is 2. The number of hydrogen-bond donors (Lipinski definition) is 2. The van der Waals surface area contributed by atoms with Crippen LogP contribution in [0.2, 0.25) is 0 Å². The van der Waals surface area contributed by atoms with Gasteiger partial charge < -0.3 is 19.9 Å². The number of aliphatic hydroxyl groups excluding tert-OH is 1. The van der Waals surface area contributed by atoms with Gasteiger partial charge in [0.1, 0.15) is 29.5 Å². The van der Waals surface area contributed by atoms with Gasteiger partial charge in [-0.3, -0.25) is 0 Å². The van der Waals surface area contributed by atoms with Gasteiger partial charge in [0.2, 0.25) is 5.88 Å². The minimum atomic E-state index is -4.61. The summed E-state index contributed by atoms with van der Waals surface area (Å²) in [7, 11) is 2.95. The molecule has 27 heavy (non-hydrogen) atoms. The van der Waals surface area contributed by atoms with Crippen molar-refractivity contribution >= 4 is 11.8 Å². The highest BCUT2D eigenvalue weighted by Crippen LogP contribution is 2.43. The number of hydrogen-bond acceptors (Lipinski definition) is 6. The van der Waals surface area contributed by atoms with Gasteiger partial charge in [-0.15, -0.1) is 0 Å². The maximum Gasteiger partial charge on any atom is 0.420 e. The van der Waals surface area contributed by atoms with Gasteiger partial charge in [-0.1, -0.05) is 6.92 Å². The van der Waals surface area contributed by atoms with E-state index in [9.17, 15) is 18.3 Å². The maximum absolute atomic E-state index is 13.4. The number of halogens is 3. The van der Waals surface area contributed by atoms with Crippen LogP contribution in [0.1, 0.15) is 29.7 Å². The number of alkyl halides is 3. The lowest BCUT2D eigenvalue weighted by Crippen LogP contribution is -2.25. The second-order valence-corrected chi connectivity index (χ2v) is 6.02. The van der Waals surface area contributed by atoms with Gasteiger partial charge in [-0.25, -0.2) is 9.97 Å². The molecule has 0 saturated heterocycles. The predicted octanol–water partition coefficient (Wildman–Crippen LogP) is 3.79. The van der Waals surface area contributed by atoms with Crippen molar-refractivity contribution in [3.05, 3.63) is 47.1 Å². The lowest BCUT2D eigenvalue weighted by molar-refractivity contribution is -0.138. The highest BCUT2D eigenvalue weighted by atomic mass is 19.4. The van der Waals surface area contributed by atoms with E-state index in [-0.39, 0.29) is 11.6 Å². The number of methoxy groups -OCH3 is 1. The molecule has 144 valence electrons. The summed E-state index contributed by atoms with van der Waals surface area (Å²) in [5, 5.41) is 13.0. The number of benzene rings is 1. The normalized spacial score (nSPS) is 19.1. The summed E-state index contributed by atoms with van der Waals surface area (Å²) in [4.78, 5) is 8.10. The molecule has 1 aliphatic carbocycles.